The average Bonchev–Trinajstić information content (AvgIpc) is 3.31. The third-order valence-electron chi connectivity index (χ3n) is 6.12. The molecule has 2 aromatic carbocycles. The highest BCUT2D eigenvalue weighted by atomic mass is 32.2. The molecule has 0 aliphatic carbocycles. The summed E-state index contributed by atoms with van der Waals surface area (Å²) in [6.07, 6.45) is 3.34. The van der Waals surface area contributed by atoms with E-state index < -0.39 is 15.8 Å². The number of benzene rings is 2. The molecule has 0 unspecified atom stereocenters. The number of nitrogens with zero attached hydrogens (tertiary/aromatic N) is 2. The van der Waals surface area contributed by atoms with Crippen LogP contribution in [0.3, 0.4) is 0 Å². The molecule has 2 aliphatic rings. The first-order valence-electron chi connectivity index (χ1n) is 10.8. The summed E-state index contributed by atoms with van der Waals surface area (Å²) in [6, 6.07) is 13.8. The van der Waals surface area contributed by atoms with E-state index in [1.807, 2.05) is 24.3 Å². The van der Waals surface area contributed by atoms with Gasteiger partial charge in [-0.15, -0.1) is 0 Å². The number of piperidine rings is 1. The summed E-state index contributed by atoms with van der Waals surface area (Å²) >= 11 is 0. The predicted molar refractivity (Wildman–Crippen MR) is 120 cm³/mol. The number of amides is 1. The zero-order chi connectivity index (χ0) is 21.8. The summed E-state index contributed by atoms with van der Waals surface area (Å²) in [5.41, 5.74) is 2.09. The molecule has 6 nitrogen and oxygen atoms in total. The van der Waals surface area contributed by atoms with Gasteiger partial charge in [-0.2, -0.15) is 0 Å². The Bertz CT molecular complexity index is 1010. The van der Waals surface area contributed by atoms with Crippen molar-refractivity contribution in [3.8, 4) is 0 Å². The standard InChI is InChI=1S/C23H28FN3O3S/c24-22-6-2-1-5-19(22)17-31(29,30)27-15-11-18(12-16-27)23(28)25-20-7-9-21(10-8-20)26-13-3-4-14-26/h1-2,5-10,18H,3-4,11-17H2,(H,25,28). The molecule has 2 aliphatic heterocycles. The third kappa shape index (κ3) is 5.25. The number of carbonyl (C=O) groups is 1. The monoisotopic (exact) mass is 445 g/mol. The highest BCUT2D eigenvalue weighted by Crippen LogP contribution is 2.25. The van der Waals surface area contributed by atoms with E-state index in [1.165, 1.54) is 41.0 Å². The Kier molecular flexibility index (Phi) is 6.57. The molecule has 0 saturated carbocycles. The average molecular weight is 446 g/mol. The van der Waals surface area contributed by atoms with Crippen LogP contribution in [0.25, 0.3) is 0 Å². The number of sulfonamides is 1. The molecule has 0 radical (unpaired) electrons. The van der Waals surface area contributed by atoms with E-state index in [0.717, 1.165) is 18.8 Å². The van der Waals surface area contributed by atoms with Gasteiger partial charge in [0.15, 0.2) is 0 Å². The van der Waals surface area contributed by atoms with Crippen LogP contribution in [-0.2, 0) is 20.6 Å². The zero-order valence-electron chi connectivity index (χ0n) is 17.5. The van der Waals surface area contributed by atoms with E-state index >= 15 is 0 Å². The minimum absolute atomic E-state index is 0.0833. The first kappa shape index (κ1) is 21.8. The maximum atomic E-state index is 13.8. The fourth-order valence-electron chi connectivity index (χ4n) is 4.27. The van der Waals surface area contributed by atoms with Crippen LogP contribution in [0.1, 0.15) is 31.2 Å². The van der Waals surface area contributed by atoms with Crippen molar-refractivity contribution >= 4 is 27.3 Å². The normalized spacial score (nSPS) is 18.3. The summed E-state index contributed by atoms with van der Waals surface area (Å²) < 4.78 is 40.5. The molecular weight excluding hydrogens is 417 g/mol. The first-order chi connectivity index (χ1) is 14.9. The number of carbonyl (C=O) groups excluding carboxylic acids is 1. The molecule has 2 saturated heterocycles. The molecule has 8 heteroatoms. The van der Waals surface area contributed by atoms with Gasteiger partial charge in [0.2, 0.25) is 15.9 Å². The Morgan fingerprint density at radius 1 is 0.968 bits per heavy atom. The van der Waals surface area contributed by atoms with Crippen molar-refractivity contribution in [2.75, 3.05) is 36.4 Å². The first-order valence-corrected chi connectivity index (χ1v) is 12.4. The van der Waals surface area contributed by atoms with E-state index in [9.17, 15) is 17.6 Å². The number of hydrogen-bond donors (Lipinski definition) is 1. The number of rotatable bonds is 6. The van der Waals surface area contributed by atoms with Crippen molar-refractivity contribution in [2.45, 2.75) is 31.4 Å². The summed E-state index contributed by atoms with van der Waals surface area (Å²) in [4.78, 5) is 15.0. The van der Waals surface area contributed by atoms with Crippen LogP contribution in [0.2, 0.25) is 0 Å². The molecule has 0 spiro atoms. The molecule has 31 heavy (non-hydrogen) atoms. The Balaban J connectivity index is 1.30. The van der Waals surface area contributed by atoms with Crippen LogP contribution in [0.15, 0.2) is 48.5 Å². The number of halogens is 1. The van der Waals surface area contributed by atoms with Gasteiger partial charge in [-0.05, 0) is 56.0 Å². The minimum atomic E-state index is -3.62. The van der Waals surface area contributed by atoms with Gasteiger partial charge in [0.1, 0.15) is 5.82 Å². The summed E-state index contributed by atoms with van der Waals surface area (Å²) in [6.45, 7) is 2.68. The van der Waals surface area contributed by atoms with Crippen molar-refractivity contribution in [3.05, 3.63) is 59.9 Å². The Morgan fingerprint density at radius 3 is 2.26 bits per heavy atom. The second-order valence-electron chi connectivity index (χ2n) is 8.25. The van der Waals surface area contributed by atoms with Gasteiger partial charge in [-0.1, -0.05) is 18.2 Å². The number of nitrogens with one attached hydrogen (secondary N) is 1. The van der Waals surface area contributed by atoms with Crippen LogP contribution in [0.4, 0.5) is 15.8 Å². The Hall–Kier alpha value is -2.45. The third-order valence-corrected chi connectivity index (χ3v) is 7.95. The van der Waals surface area contributed by atoms with Gasteiger partial charge in [-0.3, -0.25) is 4.79 Å². The van der Waals surface area contributed by atoms with E-state index in [1.54, 1.807) is 6.07 Å². The zero-order valence-corrected chi connectivity index (χ0v) is 18.3. The molecule has 2 aromatic rings. The topological polar surface area (TPSA) is 69.7 Å². The Morgan fingerprint density at radius 2 is 1.61 bits per heavy atom. The van der Waals surface area contributed by atoms with Gasteiger partial charge >= 0.3 is 0 Å². The minimum Gasteiger partial charge on any atom is -0.372 e. The van der Waals surface area contributed by atoms with Crippen LogP contribution >= 0.6 is 0 Å². The summed E-state index contributed by atoms with van der Waals surface area (Å²) in [5, 5.41) is 2.96. The van der Waals surface area contributed by atoms with Crippen molar-refractivity contribution < 1.29 is 17.6 Å². The quantitative estimate of drug-likeness (QED) is 0.738. The molecular formula is C23H28FN3O3S. The fourth-order valence-corrected chi connectivity index (χ4v) is 5.85. The van der Waals surface area contributed by atoms with Gasteiger partial charge in [-0.25, -0.2) is 17.1 Å². The lowest BCUT2D eigenvalue weighted by Gasteiger charge is -2.30. The lowest BCUT2D eigenvalue weighted by Crippen LogP contribution is -2.42. The van der Waals surface area contributed by atoms with Crippen molar-refractivity contribution in [2.24, 2.45) is 5.92 Å². The molecule has 1 N–H and O–H groups in total. The molecule has 166 valence electrons. The maximum absolute atomic E-state index is 13.8. The second-order valence-corrected chi connectivity index (χ2v) is 10.2. The van der Waals surface area contributed by atoms with E-state index in [0.29, 0.717) is 12.8 Å². The van der Waals surface area contributed by atoms with Gasteiger partial charge in [0.25, 0.3) is 0 Å². The lowest BCUT2D eigenvalue weighted by atomic mass is 9.97. The smallest absolute Gasteiger partial charge is 0.227 e. The SMILES string of the molecule is O=C(Nc1ccc(N2CCCC2)cc1)C1CCN(S(=O)(=O)Cc2ccccc2F)CC1. The van der Waals surface area contributed by atoms with Crippen LogP contribution in [0.5, 0.6) is 0 Å². The molecule has 0 aromatic heterocycles. The highest BCUT2D eigenvalue weighted by Gasteiger charge is 2.31. The predicted octanol–water partition coefficient (Wildman–Crippen LogP) is 3.61. The molecule has 2 heterocycles. The van der Waals surface area contributed by atoms with Crippen LogP contribution in [-0.4, -0.2) is 44.8 Å². The van der Waals surface area contributed by atoms with Crippen molar-refractivity contribution in [1.82, 2.24) is 4.31 Å². The Labute approximate surface area is 183 Å². The molecule has 0 atom stereocenters. The molecule has 4 rings (SSSR count). The van der Waals surface area contributed by atoms with Crippen molar-refractivity contribution in [1.29, 1.82) is 0 Å². The van der Waals surface area contributed by atoms with Gasteiger partial charge in [0, 0.05) is 49.0 Å². The second kappa shape index (κ2) is 9.36. The summed E-state index contributed by atoms with van der Waals surface area (Å²) in [5.74, 6) is -1.20. The van der Waals surface area contributed by atoms with E-state index in [2.05, 4.69) is 10.2 Å². The maximum Gasteiger partial charge on any atom is 0.227 e. The highest BCUT2D eigenvalue weighted by molar-refractivity contribution is 7.88. The lowest BCUT2D eigenvalue weighted by molar-refractivity contribution is -0.120. The van der Waals surface area contributed by atoms with Crippen molar-refractivity contribution in [3.63, 3.8) is 0 Å². The largest absolute Gasteiger partial charge is 0.372 e. The molecule has 0 bridgehead atoms. The van der Waals surface area contributed by atoms with E-state index in [4.69, 9.17) is 0 Å². The van der Waals surface area contributed by atoms with Crippen LogP contribution in [0, 0.1) is 11.7 Å². The number of hydrogen-bond acceptors (Lipinski definition) is 4. The molecule has 1 amide bonds. The van der Waals surface area contributed by atoms with E-state index in [-0.39, 0.29) is 36.2 Å². The summed E-state index contributed by atoms with van der Waals surface area (Å²) in [7, 11) is -3.62. The van der Waals surface area contributed by atoms with Gasteiger partial charge in [0.05, 0.1) is 5.75 Å². The van der Waals surface area contributed by atoms with Crippen LogP contribution < -0.4 is 10.2 Å². The number of anilines is 2. The fraction of sp³-hybridized carbons (Fsp3) is 0.435. The molecule has 2 fully saturated rings. The van der Waals surface area contributed by atoms with Gasteiger partial charge < -0.3 is 10.2 Å².